The fraction of sp³-hybridized carbons (Fsp3) is 0.545. The molecule has 1 heterocycles. The van der Waals surface area contributed by atoms with Crippen molar-refractivity contribution in [2.24, 2.45) is 10.1 Å². The summed E-state index contributed by atoms with van der Waals surface area (Å²) in [5, 5.41) is 11.1. The van der Waals surface area contributed by atoms with Crippen LogP contribution in [0.5, 0.6) is 0 Å². The molecular formula is C11H22IN5O2S. The fourth-order valence-electron chi connectivity index (χ4n) is 1.45. The number of aliphatic imine (C=N–C) groups is 1. The van der Waals surface area contributed by atoms with Crippen LogP contribution in [0.25, 0.3) is 0 Å². The summed E-state index contributed by atoms with van der Waals surface area (Å²) >= 11 is 0. The highest BCUT2D eigenvalue weighted by Gasteiger charge is 2.02. The van der Waals surface area contributed by atoms with E-state index in [1.807, 2.05) is 36.0 Å². The topological polar surface area (TPSA) is 102 Å². The molecule has 0 aliphatic rings. The number of guanidine groups is 1. The van der Waals surface area contributed by atoms with Gasteiger partial charge < -0.3 is 15.2 Å². The van der Waals surface area contributed by atoms with Gasteiger partial charge in [0.25, 0.3) is 0 Å². The van der Waals surface area contributed by atoms with Gasteiger partial charge in [-0.15, -0.1) is 24.0 Å². The average Bonchev–Trinajstić information content (AvgIpc) is 2.80. The molecule has 20 heavy (non-hydrogen) atoms. The van der Waals surface area contributed by atoms with E-state index in [0.717, 1.165) is 6.54 Å². The van der Waals surface area contributed by atoms with Crippen LogP contribution in [0.2, 0.25) is 0 Å². The van der Waals surface area contributed by atoms with E-state index in [-0.39, 0.29) is 36.3 Å². The zero-order chi connectivity index (χ0) is 14.1. The number of primary sulfonamides is 1. The summed E-state index contributed by atoms with van der Waals surface area (Å²) in [6.45, 7) is 4.33. The van der Waals surface area contributed by atoms with Gasteiger partial charge in [0.15, 0.2) is 5.96 Å². The summed E-state index contributed by atoms with van der Waals surface area (Å²) in [7, 11) is -3.46. The predicted molar refractivity (Wildman–Crippen MR) is 91.8 cm³/mol. The number of nitrogens with two attached hydrogens (primary N) is 1. The van der Waals surface area contributed by atoms with Crippen LogP contribution in [-0.4, -0.2) is 44.3 Å². The molecule has 4 N–H and O–H groups in total. The maximum Gasteiger partial charge on any atom is 0.210 e. The molecule has 0 amide bonds. The number of halogens is 1. The molecule has 0 radical (unpaired) electrons. The average molecular weight is 415 g/mol. The Labute approximate surface area is 137 Å². The Morgan fingerprint density at radius 3 is 2.50 bits per heavy atom. The van der Waals surface area contributed by atoms with Crippen LogP contribution in [0, 0.1) is 0 Å². The SMILES string of the molecule is CCNC(=NCCS(N)(=O)=O)NCCn1cccc1.I. The Morgan fingerprint density at radius 1 is 1.30 bits per heavy atom. The molecule has 0 saturated carbocycles. The molecule has 116 valence electrons. The van der Waals surface area contributed by atoms with Crippen molar-refractivity contribution in [1.82, 2.24) is 15.2 Å². The number of hydrogen-bond donors (Lipinski definition) is 3. The zero-order valence-corrected chi connectivity index (χ0v) is 14.6. The van der Waals surface area contributed by atoms with E-state index < -0.39 is 10.0 Å². The second-order valence-electron chi connectivity index (χ2n) is 3.98. The highest BCUT2D eigenvalue weighted by atomic mass is 127. The van der Waals surface area contributed by atoms with Gasteiger partial charge in [0, 0.05) is 32.0 Å². The lowest BCUT2D eigenvalue weighted by molar-refractivity contribution is 0.597. The summed E-state index contributed by atoms with van der Waals surface area (Å²) in [5.74, 6) is 0.444. The van der Waals surface area contributed by atoms with Gasteiger partial charge in [-0.1, -0.05) is 0 Å². The second-order valence-corrected chi connectivity index (χ2v) is 5.71. The van der Waals surface area contributed by atoms with Crippen molar-refractivity contribution in [1.29, 1.82) is 0 Å². The van der Waals surface area contributed by atoms with Crippen molar-refractivity contribution in [2.75, 3.05) is 25.4 Å². The van der Waals surface area contributed by atoms with Crippen LogP contribution in [0.3, 0.4) is 0 Å². The predicted octanol–water partition coefficient (Wildman–Crippen LogP) is -0.0503. The monoisotopic (exact) mass is 415 g/mol. The first-order chi connectivity index (χ1) is 9.01. The number of nitrogens with zero attached hydrogens (tertiary/aromatic N) is 2. The first-order valence-electron chi connectivity index (χ1n) is 6.14. The second kappa shape index (κ2) is 10.00. The lowest BCUT2D eigenvalue weighted by Crippen LogP contribution is -2.39. The van der Waals surface area contributed by atoms with Gasteiger partial charge in [-0.25, -0.2) is 13.6 Å². The molecule has 1 aromatic rings. The number of nitrogens with one attached hydrogen (secondary N) is 2. The summed E-state index contributed by atoms with van der Waals surface area (Å²) in [5.41, 5.74) is 0. The molecule has 0 fully saturated rings. The van der Waals surface area contributed by atoms with E-state index in [9.17, 15) is 8.42 Å². The van der Waals surface area contributed by atoms with Crippen molar-refractivity contribution in [3.05, 3.63) is 24.5 Å². The largest absolute Gasteiger partial charge is 0.357 e. The van der Waals surface area contributed by atoms with Crippen LogP contribution in [0.1, 0.15) is 6.92 Å². The molecular weight excluding hydrogens is 393 g/mol. The van der Waals surface area contributed by atoms with Gasteiger partial charge in [-0.3, -0.25) is 4.99 Å². The summed E-state index contributed by atoms with van der Waals surface area (Å²) < 4.78 is 23.7. The highest BCUT2D eigenvalue weighted by Crippen LogP contribution is 1.88. The van der Waals surface area contributed by atoms with E-state index in [2.05, 4.69) is 15.6 Å². The molecule has 0 aliphatic carbocycles. The van der Waals surface area contributed by atoms with Crippen LogP contribution in [-0.2, 0) is 16.6 Å². The van der Waals surface area contributed by atoms with E-state index in [4.69, 9.17) is 5.14 Å². The Balaban J connectivity index is 0.00000361. The third-order valence-electron chi connectivity index (χ3n) is 2.32. The van der Waals surface area contributed by atoms with Gasteiger partial charge in [0.1, 0.15) is 0 Å². The van der Waals surface area contributed by atoms with Crippen molar-refractivity contribution >= 4 is 40.0 Å². The van der Waals surface area contributed by atoms with Crippen molar-refractivity contribution < 1.29 is 8.42 Å². The zero-order valence-electron chi connectivity index (χ0n) is 11.4. The third kappa shape index (κ3) is 9.15. The molecule has 0 aliphatic heterocycles. The molecule has 0 aromatic carbocycles. The maximum atomic E-state index is 10.8. The standard InChI is InChI=1S/C11H21N5O2S.HI/c1-2-13-11(15-6-10-19(12,17)18)14-5-9-16-7-3-4-8-16;/h3-4,7-8H,2,5-6,9-10H2,1H3,(H2,12,17,18)(H2,13,14,15);1H. The highest BCUT2D eigenvalue weighted by molar-refractivity contribution is 14.0. The normalized spacial score (nSPS) is 11.8. The minimum Gasteiger partial charge on any atom is -0.357 e. The van der Waals surface area contributed by atoms with Crippen LogP contribution in [0.15, 0.2) is 29.5 Å². The molecule has 9 heteroatoms. The Kier molecular flexibility index (Phi) is 9.59. The Bertz CT molecular complexity index is 487. The molecule has 7 nitrogen and oxygen atoms in total. The van der Waals surface area contributed by atoms with Crippen LogP contribution in [0.4, 0.5) is 0 Å². The third-order valence-corrected chi connectivity index (χ3v) is 3.07. The van der Waals surface area contributed by atoms with Crippen LogP contribution < -0.4 is 15.8 Å². The number of hydrogen-bond acceptors (Lipinski definition) is 3. The van der Waals surface area contributed by atoms with Gasteiger partial charge in [-0.05, 0) is 19.1 Å². The molecule has 0 spiro atoms. The van der Waals surface area contributed by atoms with Gasteiger partial charge >= 0.3 is 0 Å². The van der Waals surface area contributed by atoms with Crippen molar-refractivity contribution in [2.45, 2.75) is 13.5 Å². The maximum absolute atomic E-state index is 10.8. The van der Waals surface area contributed by atoms with E-state index >= 15 is 0 Å². The smallest absolute Gasteiger partial charge is 0.210 e. The fourth-order valence-corrected chi connectivity index (χ4v) is 1.79. The lowest BCUT2D eigenvalue weighted by atomic mass is 10.6. The number of aromatic nitrogens is 1. The molecule has 1 rings (SSSR count). The minimum atomic E-state index is -3.46. The van der Waals surface area contributed by atoms with Gasteiger partial charge in [0.05, 0.1) is 12.3 Å². The van der Waals surface area contributed by atoms with Crippen molar-refractivity contribution in [3.63, 3.8) is 0 Å². The lowest BCUT2D eigenvalue weighted by Gasteiger charge is -2.11. The number of sulfonamides is 1. The molecule has 0 bridgehead atoms. The van der Waals surface area contributed by atoms with Crippen LogP contribution >= 0.6 is 24.0 Å². The summed E-state index contributed by atoms with van der Waals surface area (Å²) in [4.78, 5) is 4.14. The summed E-state index contributed by atoms with van der Waals surface area (Å²) in [6.07, 6.45) is 3.96. The van der Waals surface area contributed by atoms with Crippen molar-refractivity contribution in [3.8, 4) is 0 Å². The van der Waals surface area contributed by atoms with E-state index in [0.29, 0.717) is 19.0 Å². The minimum absolute atomic E-state index is 0. The Morgan fingerprint density at radius 2 is 1.95 bits per heavy atom. The summed E-state index contributed by atoms with van der Waals surface area (Å²) in [6, 6.07) is 3.93. The number of rotatable bonds is 7. The quantitative estimate of drug-likeness (QED) is 0.330. The first kappa shape index (κ1) is 19.2. The van der Waals surface area contributed by atoms with Gasteiger partial charge in [-0.2, -0.15) is 0 Å². The first-order valence-corrected chi connectivity index (χ1v) is 7.86. The molecule has 0 saturated heterocycles. The molecule has 1 aromatic heterocycles. The van der Waals surface area contributed by atoms with E-state index in [1.54, 1.807) is 0 Å². The Hall–Kier alpha value is -0.810. The molecule has 0 atom stereocenters. The van der Waals surface area contributed by atoms with E-state index in [1.165, 1.54) is 0 Å². The van der Waals surface area contributed by atoms with Gasteiger partial charge in [0.2, 0.25) is 10.0 Å². The molecule has 0 unspecified atom stereocenters.